The van der Waals surface area contributed by atoms with E-state index in [1.165, 1.54) is 6.07 Å². The highest BCUT2D eigenvalue weighted by molar-refractivity contribution is 7.98. The summed E-state index contributed by atoms with van der Waals surface area (Å²) in [7, 11) is 0. The van der Waals surface area contributed by atoms with Gasteiger partial charge >= 0.3 is 0 Å². The molecule has 0 spiro atoms. The minimum absolute atomic E-state index is 0.156. The van der Waals surface area contributed by atoms with Crippen molar-refractivity contribution in [3.05, 3.63) is 76.8 Å². The Hall–Kier alpha value is -2.53. The second kappa shape index (κ2) is 6.49. The molecule has 3 N–H and O–H groups in total. The quantitative estimate of drug-likeness (QED) is 0.573. The Kier molecular flexibility index (Phi) is 4.25. The van der Waals surface area contributed by atoms with Gasteiger partial charge in [-0.3, -0.25) is 4.79 Å². The van der Waals surface area contributed by atoms with E-state index in [1.807, 2.05) is 54.6 Å². The van der Waals surface area contributed by atoms with Crippen LogP contribution < -0.4 is 11.3 Å². The average molecular weight is 309 g/mol. The summed E-state index contributed by atoms with van der Waals surface area (Å²) < 4.78 is 0. The predicted octanol–water partition coefficient (Wildman–Crippen LogP) is 3.31. The SMILES string of the molecule is Nc1cccc(-c2cc(=O)[nH]c(CSc3ccccc3)n2)c1. The largest absolute Gasteiger partial charge is 0.399 e. The first-order valence-corrected chi connectivity index (χ1v) is 7.83. The number of nitrogen functional groups attached to an aromatic ring is 1. The molecule has 110 valence electrons. The van der Waals surface area contributed by atoms with Crippen LogP contribution in [0.5, 0.6) is 0 Å². The summed E-state index contributed by atoms with van der Waals surface area (Å²) in [6, 6.07) is 18.9. The molecule has 0 saturated carbocycles. The Balaban J connectivity index is 1.85. The van der Waals surface area contributed by atoms with Gasteiger partial charge in [0.15, 0.2) is 0 Å². The van der Waals surface area contributed by atoms with E-state index in [9.17, 15) is 4.79 Å². The maximum absolute atomic E-state index is 11.8. The molecule has 2 aromatic carbocycles. The molecule has 0 unspecified atom stereocenters. The van der Waals surface area contributed by atoms with Crippen molar-refractivity contribution in [2.45, 2.75) is 10.6 Å². The van der Waals surface area contributed by atoms with Gasteiger partial charge < -0.3 is 10.7 Å². The molecule has 0 bridgehead atoms. The fraction of sp³-hybridized carbons (Fsp3) is 0.0588. The zero-order valence-corrected chi connectivity index (χ0v) is 12.6. The van der Waals surface area contributed by atoms with Crippen LogP contribution in [0.25, 0.3) is 11.3 Å². The summed E-state index contributed by atoms with van der Waals surface area (Å²) in [5.41, 5.74) is 7.77. The van der Waals surface area contributed by atoms with Gasteiger partial charge in [-0.05, 0) is 24.3 Å². The lowest BCUT2D eigenvalue weighted by molar-refractivity contribution is 1.01. The topological polar surface area (TPSA) is 71.8 Å². The molecule has 1 aromatic heterocycles. The van der Waals surface area contributed by atoms with Gasteiger partial charge in [0.25, 0.3) is 5.56 Å². The number of rotatable bonds is 4. The van der Waals surface area contributed by atoms with Gasteiger partial charge in [-0.2, -0.15) is 0 Å². The summed E-state index contributed by atoms with van der Waals surface area (Å²) in [6.07, 6.45) is 0. The van der Waals surface area contributed by atoms with Gasteiger partial charge in [0, 0.05) is 22.2 Å². The standard InChI is InChI=1S/C17H15N3OS/c18-13-6-4-5-12(9-13)15-10-17(21)20-16(19-15)11-22-14-7-2-1-3-8-14/h1-10H,11,18H2,(H,19,20,21). The Bertz CT molecular complexity index is 831. The summed E-state index contributed by atoms with van der Waals surface area (Å²) in [5.74, 6) is 1.26. The molecule has 0 radical (unpaired) electrons. The molecule has 0 atom stereocenters. The van der Waals surface area contributed by atoms with Crippen molar-refractivity contribution in [3.63, 3.8) is 0 Å². The van der Waals surface area contributed by atoms with Crippen LogP contribution in [-0.4, -0.2) is 9.97 Å². The van der Waals surface area contributed by atoms with Crippen LogP contribution in [0.1, 0.15) is 5.82 Å². The number of anilines is 1. The Labute approximate surface area is 132 Å². The van der Waals surface area contributed by atoms with Crippen LogP contribution in [0.3, 0.4) is 0 Å². The van der Waals surface area contributed by atoms with E-state index in [-0.39, 0.29) is 5.56 Å². The Morgan fingerprint density at radius 2 is 1.86 bits per heavy atom. The van der Waals surface area contributed by atoms with Gasteiger partial charge in [0.05, 0.1) is 11.4 Å². The van der Waals surface area contributed by atoms with Crippen molar-refractivity contribution in [1.82, 2.24) is 9.97 Å². The third kappa shape index (κ3) is 3.56. The summed E-state index contributed by atoms with van der Waals surface area (Å²) in [4.78, 5) is 20.3. The van der Waals surface area contributed by atoms with Crippen LogP contribution in [0, 0.1) is 0 Å². The number of hydrogen-bond acceptors (Lipinski definition) is 4. The summed E-state index contributed by atoms with van der Waals surface area (Å²) in [6.45, 7) is 0. The first-order chi connectivity index (χ1) is 10.7. The molecule has 5 heteroatoms. The lowest BCUT2D eigenvalue weighted by Crippen LogP contribution is -2.10. The average Bonchev–Trinajstić information content (AvgIpc) is 2.53. The number of hydrogen-bond donors (Lipinski definition) is 2. The molecule has 0 aliphatic rings. The molecular formula is C17H15N3OS. The zero-order valence-electron chi connectivity index (χ0n) is 11.8. The minimum atomic E-state index is -0.156. The number of thioether (sulfide) groups is 1. The zero-order chi connectivity index (χ0) is 15.4. The van der Waals surface area contributed by atoms with Crippen LogP contribution in [0.2, 0.25) is 0 Å². The molecule has 0 aliphatic carbocycles. The van der Waals surface area contributed by atoms with E-state index in [0.717, 1.165) is 10.5 Å². The maximum atomic E-state index is 11.8. The predicted molar refractivity (Wildman–Crippen MR) is 90.7 cm³/mol. The van der Waals surface area contributed by atoms with Crippen LogP contribution in [-0.2, 0) is 5.75 Å². The van der Waals surface area contributed by atoms with Crippen molar-refractivity contribution in [1.29, 1.82) is 0 Å². The molecule has 4 nitrogen and oxygen atoms in total. The van der Waals surface area contributed by atoms with Crippen molar-refractivity contribution in [2.24, 2.45) is 0 Å². The number of aromatic amines is 1. The number of nitrogens with zero attached hydrogens (tertiary/aromatic N) is 1. The highest BCUT2D eigenvalue weighted by Gasteiger charge is 2.05. The Morgan fingerprint density at radius 3 is 2.64 bits per heavy atom. The lowest BCUT2D eigenvalue weighted by atomic mass is 10.1. The molecular weight excluding hydrogens is 294 g/mol. The highest BCUT2D eigenvalue weighted by atomic mass is 32.2. The first-order valence-electron chi connectivity index (χ1n) is 6.85. The van der Waals surface area contributed by atoms with Crippen LogP contribution in [0.4, 0.5) is 5.69 Å². The molecule has 0 fully saturated rings. The highest BCUT2D eigenvalue weighted by Crippen LogP contribution is 2.22. The number of benzene rings is 2. The van der Waals surface area contributed by atoms with Gasteiger partial charge in [-0.15, -0.1) is 11.8 Å². The first kappa shape index (κ1) is 14.4. The molecule has 0 amide bonds. The van der Waals surface area contributed by atoms with E-state index >= 15 is 0 Å². The monoisotopic (exact) mass is 309 g/mol. The van der Waals surface area contributed by atoms with Crippen molar-refractivity contribution >= 4 is 17.4 Å². The van der Waals surface area contributed by atoms with Gasteiger partial charge in [-0.25, -0.2) is 4.98 Å². The number of nitrogens with one attached hydrogen (secondary N) is 1. The fourth-order valence-corrected chi connectivity index (χ4v) is 2.88. The second-order valence-electron chi connectivity index (χ2n) is 4.80. The van der Waals surface area contributed by atoms with Gasteiger partial charge in [0.2, 0.25) is 0 Å². The summed E-state index contributed by atoms with van der Waals surface area (Å²) >= 11 is 1.63. The van der Waals surface area contributed by atoms with Gasteiger partial charge in [-0.1, -0.05) is 30.3 Å². The normalized spacial score (nSPS) is 10.5. The van der Waals surface area contributed by atoms with Gasteiger partial charge in [0.1, 0.15) is 5.82 Å². The molecule has 3 rings (SSSR count). The minimum Gasteiger partial charge on any atom is -0.399 e. The van der Waals surface area contributed by atoms with E-state index in [4.69, 9.17) is 5.73 Å². The number of aromatic nitrogens is 2. The third-order valence-corrected chi connectivity index (χ3v) is 4.12. The molecule has 3 aromatic rings. The maximum Gasteiger partial charge on any atom is 0.251 e. The summed E-state index contributed by atoms with van der Waals surface area (Å²) in [5, 5.41) is 0. The molecule has 0 saturated heterocycles. The van der Waals surface area contributed by atoms with Crippen LogP contribution >= 0.6 is 11.8 Å². The van der Waals surface area contributed by atoms with Crippen LogP contribution in [0.15, 0.2) is 70.4 Å². The number of H-pyrrole nitrogens is 1. The smallest absolute Gasteiger partial charge is 0.251 e. The molecule has 22 heavy (non-hydrogen) atoms. The second-order valence-corrected chi connectivity index (χ2v) is 5.85. The van der Waals surface area contributed by atoms with E-state index < -0.39 is 0 Å². The van der Waals surface area contributed by atoms with Crippen molar-refractivity contribution in [2.75, 3.05) is 5.73 Å². The molecule has 1 heterocycles. The van der Waals surface area contributed by atoms with Crippen molar-refractivity contribution in [3.8, 4) is 11.3 Å². The third-order valence-electron chi connectivity index (χ3n) is 3.09. The van der Waals surface area contributed by atoms with E-state index in [1.54, 1.807) is 11.8 Å². The van der Waals surface area contributed by atoms with E-state index in [0.29, 0.717) is 23.0 Å². The lowest BCUT2D eigenvalue weighted by Gasteiger charge is -2.05. The fourth-order valence-electron chi connectivity index (χ4n) is 2.09. The van der Waals surface area contributed by atoms with E-state index in [2.05, 4.69) is 9.97 Å². The van der Waals surface area contributed by atoms with Crippen molar-refractivity contribution < 1.29 is 0 Å². The number of nitrogens with two attached hydrogens (primary N) is 1. The Morgan fingerprint density at radius 1 is 1.05 bits per heavy atom. The molecule has 0 aliphatic heterocycles.